The highest BCUT2D eigenvalue weighted by atomic mass is 16.3. The summed E-state index contributed by atoms with van der Waals surface area (Å²) in [6.07, 6.45) is 0. The van der Waals surface area contributed by atoms with Crippen molar-refractivity contribution >= 4 is 22.7 Å². The Morgan fingerprint density at radius 2 is 1.68 bits per heavy atom. The third kappa shape index (κ3) is 2.90. The molecule has 0 atom stereocenters. The van der Waals surface area contributed by atoms with Crippen molar-refractivity contribution in [2.45, 2.75) is 6.92 Å². The second kappa shape index (κ2) is 6.24. The van der Waals surface area contributed by atoms with E-state index in [1.54, 1.807) is 12.1 Å². The maximum atomic E-state index is 12.4. The molecule has 1 amide bonds. The van der Waals surface area contributed by atoms with Gasteiger partial charge in [-0.25, -0.2) is 4.98 Å². The first-order chi connectivity index (χ1) is 12.2. The second-order valence-corrected chi connectivity index (χ2v) is 5.79. The molecule has 0 unspecified atom stereocenters. The van der Waals surface area contributed by atoms with E-state index in [4.69, 9.17) is 4.42 Å². The van der Waals surface area contributed by atoms with Gasteiger partial charge in [0.1, 0.15) is 5.52 Å². The first-order valence-electron chi connectivity index (χ1n) is 8.04. The van der Waals surface area contributed by atoms with E-state index in [2.05, 4.69) is 10.3 Å². The van der Waals surface area contributed by atoms with Gasteiger partial charge in [-0.05, 0) is 48.9 Å². The minimum Gasteiger partial charge on any atom is -0.436 e. The lowest BCUT2D eigenvalue weighted by Crippen LogP contribution is -2.12. The highest BCUT2D eigenvalue weighted by Crippen LogP contribution is 2.30. The Morgan fingerprint density at radius 3 is 2.48 bits per heavy atom. The highest BCUT2D eigenvalue weighted by Gasteiger charge is 2.14. The van der Waals surface area contributed by atoms with E-state index in [-0.39, 0.29) is 5.91 Å². The lowest BCUT2D eigenvalue weighted by atomic mass is 10.1. The van der Waals surface area contributed by atoms with Crippen LogP contribution in [0.2, 0.25) is 0 Å². The van der Waals surface area contributed by atoms with Crippen LogP contribution in [0.25, 0.3) is 22.6 Å². The molecule has 4 heteroatoms. The van der Waals surface area contributed by atoms with Crippen LogP contribution in [0.5, 0.6) is 0 Å². The summed E-state index contributed by atoms with van der Waals surface area (Å²) in [7, 11) is 0. The summed E-state index contributed by atoms with van der Waals surface area (Å²) >= 11 is 0. The Kier molecular flexibility index (Phi) is 3.78. The minimum absolute atomic E-state index is 0.140. The number of aromatic nitrogens is 1. The highest BCUT2D eigenvalue weighted by molar-refractivity contribution is 6.05. The van der Waals surface area contributed by atoms with Crippen molar-refractivity contribution in [1.82, 2.24) is 4.98 Å². The molecule has 1 heterocycles. The molecule has 0 radical (unpaired) electrons. The summed E-state index contributed by atoms with van der Waals surface area (Å²) < 4.78 is 5.86. The molecule has 0 aliphatic carbocycles. The smallest absolute Gasteiger partial charge is 0.255 e. The zero-order valence-corrected chi connectivity index (χ0v) is 13.7. The van der Waals surface area contributed by atoms with Crippen LogP contribution in [-0.4, -0.2) is 10.9 Å². The van der Waals surface area contributed by atoms with Gasteiger partial charge in [0.15, 0.2) is 5.58 Å². The summed E-state index contributed by atoms with van der Waals surface area (Å²) in [6, 6.07) is 22.5. The number of nitrogens with zero attached hydrogens (tertiary/aromatic N) is 1. The van der Waals surface area contributed by atoms with Crippen LogP contribution in [0.4, 0.5) is 5.69 Å². The topological polar surface area (TPSA) is 55.1 Å². The normalized spacial score (nSPS) is 10.8. The van der Waals surface area contributed by atoms with Gasteiger partial charge in [0.05, 0.1) is 0 Å². The molecular formula is C21H16N2O2. The average Bonchev–Trinajstić information content (AvgIpc) is 3.08. The quantitative estimate of drug-likeness (QED) is 0.572. The number of para-hydroxylation sites is 2. The van der Waals surface area contributed by atoms with Crippen molar-refractivity contribution in [3.63, 3.8) is 0 Å². The average molecular weight is 328 g/mol. The molecule has 0 bridgehead atoms. The number of hydrogen-bond acceptors (Lipinski definition) is 3. The number of carbonyl (C=O) groups is 1. The predicted molar refractivity (Wildman–Crippen MR) is 98.6 cm³/mol. The van der Waals surface area contributed by atoms with E-state index in [1.165, 1.54) is 0 Å². The molecule has 25 heavy (non-hydrogen) atoms. The molecule has 122 valence electrons. The molecule has 3 aromatic carbocycles. The third-order valence-corrected chi connectivity index (χ3v) is 4.14. The molecule has 0 spiro atoms. The summed E-state index contributed by atoms with van der Waals surface area (Å²) in [5, 5.41) is 2.96. The molecule has 0 saturated carbocycles. The number of rotatable bonds is 3. The number of fused-ring (bicyclic) bond motifs is 1. The summed E-state index contributed by atoms with van der Waals surface area (Å²) in [6.45, 7) is 1.95. The monoisotopic (exact) mass is 328 g/mol. The fraction of sp³-hybridized carbons (Fsp3) is 0.0476. The van der Waals surface area contributed by atoms with Gasteiger partial charge in [-0.1, -0.05) is 36.4 Å². The van der Waals surface area contributed by atoms with Gasteiger partial charge in [-0.2, -0.15) is 0 Å². The molecule has 4 nitrogen and oxygen atoms in total. The van der Waals surface area contributed by atoms with Gasteiger partial charge in [-0.3, -0.25) is 4.79 Å². The lowest BCUT2D eigenvalue weighted by Gasteiger charge is -2.11. The van der Waals surface area contributed by atoms with Gasteiger partial charge in [-0.15, -0.1) is 0 Å². The van der Waals surface area contributed by atoms with Crippen molar-refractivity contribution in [3.05, 3.63) is 83.9 Å². The minimum atomic E-state index is -0.140. The predicted octanol–water partition coefficient (Wildman–Crippen LogP) is 5.06. The van der Waals surface area contributed by atoms with Crippen LogP contribution in [0, 0.1) is 6.92 Å². The second-order valence-electron chi connectivity index (χ2n) is 5.79. The molecule has 0 aliphatic rings. The summed E-state index contributed by atoms with van der Waals surface area (Å²) in [4.78, 5) is 16.9. The van der Waals surface area contributed by atoms with Gasteiger partial charge in [0.2, 0.25) is 5.89 Å². The fourth-order valence-electron chi connectivity index (χ4n) is 2.77. The molecule has 1 N–H and O–H groups in total. The van der Waals surface area contributed by atoms with Crippen molar-refractivity contribution in [3.8, 4) is 11.5 Å². The molecule has 0 saturated heterocycles. The van der Waals surface area contributed by atoms with E-state index in [0.717, 1.165) is 27.9 Å². The van der Waals surface area contributed by atoms with E-state index in [0.29, 0.717) is 11.5 Å². The maximum absolute atomic E-state index is 12.4. The summed E-state index contributed by atoms with van der Waals surface area (Å²) in [5.74, 6) is 0.410. The fourth-order valence-corrected chi connectivity index (χ4v) is 2.77. The van der Waals surface area contributed by atoms with Crippen molar-refractivity contribution in [2.75, 3.05) is 5.32 Å². The Labute approximate surface area is 145 Å². The van der Waals surface area contributed by atoms with Crippen LogP contribution >= 0.6 is 0 Å². The maximum Gasteiger partial charge on any atom is 0.255 e. The lowest BCUT2D eigenvalue weighted by molar-refractivity contribution is 0.102. The van der Waals surface area contributed by atoms with E-state index in [1.807, 2.05) is 67.6 Å². The molecule has 4 aromatic rings. The van der Waals surface area contributed by atoms with Crippen LogP contribution in [-0.2, 0) is 0 Å². The Hall–Kier alpha value is -3.40. The number of anilines is 1. The summed E-state index contributed by atoms with van der Waals surface area (Å²) in [5.41, 5.74) is 4.70. The third-order valence-electron chi connectivity index (χ3n) is 4.14. The van der Waals surface area contributed by atoms with Gasteiger partial charge >= 0.3 is 0 Å². The van der Waals surface area contributed by atoms with Gasteiger partial charge in [0, 0.05) is 16.8 Å². The SMILES string of the molecule is Cc1c(NC(=O)c2ccccc2)cccc1-c1nc2ccccc2o1. The van der Waals surface area contributed by atoms with Gasteiger partial charge in [0.25, 0.3) is 5.91 Å². The van der Waals surface area contributed by atoms with Crippen molar-refractivity contribution in [1.29, 1.82) is 0 Å². The largest absolute Gasteiger partial charge is 0.436 e. The van der Waals surface area contributed by atoms with Crippen LogP contribution in [0.15, 0.2) is 77.2 Å². The van der Waals surface area contributed by atoms with Crippen LogP contribution in [0.3, 0.4) is 0 Å². The Bertz CT molecular complexity index is 1020. The standard InChI is InChI=1S/C21H16N2O2/c1-14-16(21-23-18-11-5-6-13-19(18)25-21)10-7-12-17(14)22-20(24)15-8-3-2-4-9-15/h2-13H,1H3,(H,22,24). The zero-order chi connectivity index (χ0) is 17.2. The Morgan fingerprint density at radius 1 is 0.920 bits per heavy atom. The number of hydrogen-bond donors (Lipinski definition) is 1. The Balaban J connectivity index is 1.69. The van der Waals surface area contributed by atoms with Crippen LogP contribution in [0.1, 0.15) is 15.9 Å². The zero-order valence-electron chi connectivity index (χ0n) is 13.7. The molecular weight excluding hydrogens is 312 g/mol. The number of benzene rings is 3. The van der Waals surface area contributed by atoms with Crippen LogP contribution < -0.4 is 5.32 Å². The molecule has 0 aliphatic heterocycles. The van der Waals surface area contributed by atoms with Gasteiger partial charge < -0.3 is 9.73 Å². The number of amides is 1. The van der Waals surface area contributed by atoms with Crippen molar-refractivity contribution < 1.29 is 9.21 Å². The molecule has 4 rings (SSSR count). The number of carbonyl (C=O) groups excluding carboxylic acids is 1. The van der Waals surface area contributed by atoms with E-state index < -0.39 is 0 Å². The number of nitrogens with one attached hydrogen (secondary N) is 1. The number of oxazole rings is 1. The van der Waals surface area contributed by atoms with E-state index >= 15 is 0 Å². The molecule has 1 aromatic heterocycles. The first kappa shape index (κ1) is 15.1. The van der Waals surface area contributed by atoms with E-state index in [9.17, 15) is 4.79 Å². The molecule has 0 fully saturated rings. The van der Waals surface area contributed by atoms with Crippen molar-refractivity contribution in [2.24, 2.45) is 0 Å². The first-order valence-corrected chi connectivity index (χ1v) is 8.04.